The summed E-state index contributed by atoms with van der Waals surface area (Å²) in [5.74, 6) is 1.12. The second-order valence-corrected chi connectivity index (χ2v) is 9.95. The highest BCUT2D eigenvalue weighted by molar-refractivity contribution is 7.09. The Morgan fingerprint density at radius 3 is 2.64 bits per heavy atom. The summed E-state index contributed by atoms with van der Waals surface area (Å²) < 4.78 is 49.4. The van der Waals surface area contributed by atoms with Crippen molar-refractivity contribution in [3.63, 3.8) is 0 Å². The molecule has 1 atom stereocenters. The molecule has 0 spiro atoms. The summed E-state index contributed by atoms with van der Waals surface area (Å²) in [5.41, 5.74) is 0.658. The quantitative estimate of drug-likeness (QED) is 0.322. The van der Waals surface area contributed by atoms with E-state index in [-0.39, 0.29) is 11.4 Å². The molecule has 4 aromatic heterocycles. The van der Waals surface area contributed by atoms with E-state index in [0.29, 0.717) is 11.6 Å². The van der Waals surface area contributed by atoms with Crippen molar-refractivity contribution in [1.29, 1.82) is 0 Å². The molecule has 0 N–H and O–H groups in total. The van der Waals surface area contributed by atoms with Gasteiger partial charge in [-0.15, -0.1) is 10.2 Å². The van der Waals surface area contributed by atoms with Gasteiger partial charge in [-0.1, -0.05) is 6.42 Å². The lowest BCUT2D eigenvalue weighted by Crippen LogP contribution is -2.24. The van der Waals surface area contributed by atoms with E-state index in [4.69, 9.17) is 0 Å². The number of benzene rings is 1. The van der Waals surface area contributed by atoms with Gasteiger partial charge in [0.25, 0.3) is 0 Å². The van der Waals surface area contributed by atoms with Crippen LogP contribution in [0, 0.1) is 5.92 Å². The maximum atomic E-state index is 13.7. The number of fused-ring (bicyclic) bond motifs is 1. The Balaban J connectivity index is 1.59. The average molecular weight is 511 g/mol. The molecule has 1 aliphatic carbocycles. The molecule has 1 aromatic carbocycles. The molecule has 0 amide bonds. The number of aromatic nitrogens is 6. The van der Waals surface area contributed by atoms with Crippen LogP contribution < -0.4 is 5.69 Å². The molecule has 7 nitrogen and oxygen atoms in total. The van der Waals surface area contributed by atoms with Gasteiger partial charge in [0.05, 0.1) is 21.6 Å². The monoisotopic (exact) mass is 510 g/mol. The molecule has 0 saturated heterocycles. The Hall–Kier alpha value is -3.73. The summed E-state index contributed by atoms with van der Waals surface area (Å²) >= 11 is 1.32. The van der Waals surface area contributed by atoms with E-state index >= 15 is 0 Å². The number of pyridine rings is 1. The molecular formula is C25H21F3N6OS. The Morgan fingerprint density at radius 2 is 2.00 bits per heavy atom. The number of rotatable bonds is 5. The highest BCUT2D eigenvalue weighted by Crippen LogP contribution is 2.44. The third kappa shape index (κ3) is 3.74. The van der Waals surface area contributed by atoms with Crippen LogP contribution in [0.3, 0.4) is 0 Å². The van der Waals surface area contributed by atoms with Crippen LogP contribution >= 0.6 is 11.5 Å². The van der Waals surface area contributed by atoms with Crippen LogP contribution in [0.1, 0.15) is 42.1 Å². The van der Waals surface area contributed by atoms with Gasteiger partial charge in [0.15, 0.2) is 0 Å². The third-order valence-electron chi connectivity index (χ3n) is 6.95. The smallest absolute Gasteiger partial charge is 0.320 e. The van der Waals surface area contributed by atoms with Crippen LogP contribution in [0.25, 0.3) is 21.6 Å². The molecule has 4 heterocycles. The van der Waals surface area contributed by atoms with Crippen LogP contribution in [0.4, 0.5) is 13.2 Å². The van der Waals surface area contributed by atoms with E-state index in [9.17, 15) is 18.0 Å². The molecule has 0 bridgehead atoms. The molecule has 0 radical (unpaired) electrons. The van der Waals surface area contributed by atoms with Gasteiger partial charge in [-0.25, -0.2) is 9.17 Å². The Labute approximate surface area is 207 Å². The Morgan fingerprint density at radius 1 is 1.17 bits per heavy atom. The fraction of sp³-hybridized carbons (Fsp3) is 0.280. The second-order valence-electron chi connectivity index (χ2n) is 9.12. The molecule has 36 heavy (non-hydrogen) atoms. The maximum absolute atomic E-state index is 13.7. The van der Waals surface area contributed by atoms with Crippen LogP contribution in [0.5, 0.6) is 0 Å². The maximum Gasteiger partial charge on any atom is 0.418 e. The summed E-state index contributed by atoms with van der Waals surface area (Å²) in [4.78, 5) is 14.2. The van der Waals surface area contributed by atoms with Gasteiger partial charge >= 0.3 is 11.9 Å². The van der Waals surface area contributed by atoms with Gasteiger partial charge in [0.1, 0.15) is 12.2 Å². The van der Waals surface area contributed by atoms with Crippen LogP contribution in [-0.4, -0.2) is 28.1 Å². The Kier molecular flexibility index (Phi) is 5.32. The van der Waals surface area contributed by atoms with Gasteiger partial charge < -0.3 is 4.57 Å². The first-order chi connectivity index (χ1) is 17.3. The summed E-state index contributed by atoms with van der Waals surface area (Å²) in [5, 5.41) is 8.46. The first kappa shape index (κ1) is 22.7. The van der Waals surface area contributed by atoms with Crippen molar-refractivity contribution in [2.24, 2.45) is 13.0 Å². The minimum atomic E-state index is -4.58. The third-order valence-corrected chi connectivity index (χ3v) is 7.74. The minimum absolute atomic E-state index is 0.0589. The molecule has 5 aromatic rings. The number of hydrogen-bond donors (Lipinski definition) is 0. The van der Waals surface area contributed by atoms with Crippen LogP contribution in [-0.2, 0) is 13.2 Å². The summed E-state index contributed by atoms with van der Waals surface area (Å²) in [6, 6.07) is 9.88. The van der Waals surface area contributed by atoms with E-state index < -0.39 is 17.4 Å². The zero-order chi connectivity index (χ0) is 25.0. The molecular weight excluding hydrogens is 489 g/mol. The van der Waals surface area contributed by atoms with Crippen molar-refractivity contribution in [2.45, 2.75) is 31.4 Å². The standard InChI is InChI=1S/C25H21F3N6OS/c1-32-14-29-31-23(32)22(15-4-2-5-15)17-10-16(21-7-8-30-36-21)11-18(12-17)34-13-20-19(25(26,27)28)6-3-9-33(20)24(34)35/h3,6-15,22H,2,4-5H2,1H3. The van der Waals surface area contributed by atoms with Gasteiger partial charge in [-0.05, 0) is 77.8 Å². The SMILES string of the molecule is Cn1cnnc1C(c1cc(-c2ccns2)cc(-n2cc3c(C(F)(F)F)cccn3c2=O)c1)C1CCC1. The van der Waals surface area contributed by atoms with Gasteiger partial charge in [-0.2, -0.15) is 13.2 Å². The highest BCUT2D eigenvalue weighted by atomic mass is 32.1. The molecule has 1 saturated carbocycles. The average Bonchev–Trinajstić information content (AvgIpc) is 3.56. The molecule has 0 aliphatic heterocycles. The van der Waals surface area contributed by atoms with E-state index in [1.807, 2.05) is 29.8 Å². The number of nitrogens with zero attached hydrogens (tertiary/aromatic N) is 6. The normalized spacial score (nSPS) is 15.3. The summed E-state index contributed by atoms with van der Waals surface area (Å²) in [6.07, 6.45) is 4.62. The fourth-order valence-corrected chi connectivity index (χ4v) is 5.56. The van der Waals surface area contributed by atoms with Crippen molar-refractivity contribution in [2.75, 3.05) is 0 Å². The largest absolute Gasteiger partial charge is 0.418 e. The molecule has 11 heteroatoms. The lowest BCUT2D eigenvalue weighted by molar-refractivity contribution is -0.136. The van der Waals surface area contributed by atoms with E-state index in [2.05, 4.69) is 20.6 Å². The van der Waals surface area contributed by atoms with Gasteiger partial charge in [0.2, 0.25) is 0 Å². The number of alkyl halides is 3. The zero-order valence-corrected chi connectivity index (χ0v) is 20.0. The predicted octanol–water partition coefficient (Wildman–Crippen LogP) is 5.29. The Bertz CT molecular complexity index is 1610. The van der Waals surface area contributed by atoms with E-state index in [1.165, 1.54) is 34.6 Å². The van der Waals surface area contributed by atoms with Gasteiger partial charge in [-0.3, -0.25) is 8.97 Å². The van der Waals surface area contributed by atoms with Crippen molar-refractivity contribution in [1.82, 2.24) is 28.1 Å². The van der Waals surface area contributed by atoms with E-state index in [0.717, 1.165) is 51.6 Å². The zero-order valence-electron chi connectivity index (χ0n) is 19.2. The lowest BCUT2D eigenvalue weighted by Gasteiger charge is -2.33. The summed E-state index contributed by atoms with van der Waals surface area (Å²) in [7, 11) is 1.90. The van der Waals surface area contributed by atoms with Crippen molar-refractivity contribution in [3.05, 3.63) is 88.8 Å². The topological polar surface area (TPSA) is 70.0 Å². The van der Waals surface area contributed by atoms with Gasteiger partial charge in [0, 0.05) is 31.6 Å². The number of imidazole rings is 1. The van der Waals surface area contributed by atoms with Crippen LogP contribution in [0.15, 0.2) is 66.1 Å². The molecule has 1 unspecified atom stereocenters. The highest BCUT2D eigenvalue weighted by Gasteiger charge is 2.35. The van der Waals surface area contributed by atoms with Crippen molar-refractivity contribution in [3.8, 4) is 16.1 Å². The molecule has 1 aliphatic rings. The predicted molar refractivity (Wildman–Crippen MR) is 129 cm³/mol. The molecule has 1 fully saturated rings. The van der Waals surface area contributed by atoms with Crippen LogP contribution in [0.2, 0.25) is 0 Å². The number of hydrogen-bond acceptors (Lipinski definition) is 5. The fourth-order valence-electron chi connectivity index (χ4n) is 4.98. The molecule has 184 valence electrons. The lowest BCUT2D eigenvalue weighted by atomic mass is 9.72. The number of aryl methyl sites for hydroxylation is 1. The first-order valence-corrected chi connectivity index (χ1v) is 12.3. The molecule has 6 rings (SSSR count). The number of halogens is 3. The summed E-state index contributed by atoms with van der Waals surface area (Å²) in [6.45, 7) is 0. The second kappa shape index (κ2) is 8.44. The van der Waals surface area contributed by atoms with Crippen molar-refractivity contribution >= 4 is 17.0 Å². The first-order valence-electron chi connectivity index (χ1n) is 11.5. The minimum Gasteiger partial charge on any atom is -0.320 e. The van der Waals surface area contributed by atoms with Crippen molar-refractivity contribution < 1.29 is 13.2 Å². The van der Waals surface area contributed by atoms with E-state index in [1.54, 1.807) is 12.5 Å².